The first-order valence-electron chi connectivity index (χ1n) is 8.04. The van der Waals surface area contributed by atoms with E-state index in [-0.39, 0.29) is 34.1 Å². The number of benzene rings is 2. The summed E-state index contributed by atoms with van der Waals surface area (Å²) in [5.74, 6) is -0.208. The fraction of sp³-hybridized carbons (Fsp3) is 0.316. The number of carbonyl (C=O) groups is 1. The number of halogens is 1. The third kappa shape index (κ3) is 3.99. The molecule has 7 heteroatoms. The molecule has 1 aliphatic rings. The molecule has 26 heavy (non-hydrogen) atoms. The van der Waals surface area contributed by atoms with Crippen LogP contribution in [0.1, 0.15) is 39.6 Å². The number of rotatable bonds is 4. The molecule has 0 amide bonds. The minimum atomic E-state index is -3.60. The third-order valence-electron chi connectivity index (χ3n) is 4.44. The topological polar surface area (TPSA) is 86.0 Å². The van der Waals surface area contributed by atoms with Gasteiger partial charge < -0.3 is 10.4 Å². The zero-order chi connectivity index (χ0) is 17.3. The van der Waals surface area contributed by atoms with Gasteiger partial charge in [0.15, 0.2) is 15.6 Å². The molecule has 0 aliphatic carbocycles. The van der Waals surface area contributed by atoms with Crippen LogP contribution in [-0.2, 0) is 9.84 Å². The molecule has 0 bridgehead atoms. The summed E-state index contributed by atoms with van der Waals surface area (Å²) < 4.78 is 26.5. The van der Waals surface area contributed by atoms with Crippen LogP contribution in [0.25, 0.3) is 0 Å². The molecule has 0 aromatic heterocycles. The SMILES string of the molecule is CN(C)CCCC1c2ccccc2C(=O)c2ccccc2S1(=O)=O.Cl.O. The van der Waals surface area contributed by atoms with E-state index in [4.69, 9.17) is 0 Å². The highest BCUT2D eigenvalue weighted by Gasteiger charge is 2.37. The lowest BCUT2D eigenvalue weighted by molar-refractivity contribution is 0.103. The molecule has 1 unspecified atom stereocenters. The van der Waals surface area contributed by atoms with E-state index < -0.39 is 15.1 Å². The molecule has 0 fully saturated rings. The summed E-state index contributed by atoms with van der Waals surface area (Å²) in [6.07, 6.45) is 1.25. The van der Waals surface area contributed by atoms with Crippen molar-refractivity contribution in [3.8, 4) is 0 Å². The Morgan fingerprint density at radius 2 is 1.54 bits per heavy atom. The van der Waals surface area contributed by atoms with Gasteiger partial charge >= 0.3 is 0 Å². The average Bonchev–Trinajstić information content (AvgIpc) is 2.63. The second-order valence-electron chi connectivity index (χ2n) is 6.39. The van der Waals surface area contributed by atoms with Gasteiger partial charge in [0.1, 0.15) is 0 Å². The van der Waals surface area contributed by atoms with Gasteiger partial charge in [-0.15, -0.1) is 12.4 Å². The van der Waals surface area contributed by atoms with Crippen LogP contribution in [0.15, 0.2) is 53.4 Å². The van der Waals surface area contributed by atoms with E-state index in [1.54, 1.807) is 48.5 Å². The minimum absolute atomic E-state index is 0. The van der Waals surface area contributed by atoms with Gasteiger partial charge in [-0.1, -0.05) is 36.4 Å². The first kappa shape index (κ1) is 22.3. The van der Waals surface area contributed by atoms with Crippen molar-refractivity contribution in [2.24, 2.45) is 0 Å². The molecular formula is C19H24ClNO4S. The van der Waals surface area contributed by atoms with E-state index in [9.17, 15) is 13.2 Å². The van der Waals surface area contributed by atoms with Crippen LogP contribution in [0.4, 0.5) is 0 Å². The Bertz CT molecular complexity index is 881. The Labute approximate surface area is 160 Å². The predicted molar refractivity (Wildman–Crippen MR) is 105 cm³/mol. The van der Waals surface area contributed by atoms with E-state index in [0.717, 1.165) is 13.0 Å². The maximum absolute atomic E-state index is 13.2. The van der Waals surface area contributed by atoms with Crippen molar-refractivity contribution in [2.45, 2.75) is 23.0 Å². The van der Waals surface area contributed by atoms with Crippen molar-refractivity contribution in [2.75, 3.05) is 20.6 Å². The van der Waals surface area contributed by atoms with Crippen LogP contribution in [0, 0.1) is 0 Å². The quantitative estimate of drug-likeness (QED) is 0.793. The fourth-order valence-electron chi connectivity index (χ4n) is 3.26. The van der Waals surface area contributed by atoms with Gasteiger partial charge in [-0.25, -0.2) is 8.42 Å². The Hall–Kier alpha value is -1.73. The lowest BCUT2D eigenvalue weighted by Crippen LogP contribution is -2.18. The van der Waals surface area contributed by atoms with Gasteiger partial charge in [0, 0.05) is 11.1 Å². The molecule has 1 atom stereocenters. The molecule has 1 heterocycles. The van der Waals surface area contributed by atoms with Crippen molar-refractivity contribution in [3.05, 3.63) is 65.2 Å². The van der Waals surface area contributed by atoms with Crippen LogP contribution in [0.2, 0.25) is 0 Å². The smallest absolute Gasteiger partial charge is 0.194 e. The first-order valence-corrected chi connectivity index (χ1v) is 9.59. The number of ketones is 1. The van der Waals surface area contributed by atoms with Crippen LogP contribution < -0.4 is 0 Å². The second kappa shape index (κ2) is 8.77. The van der Waals surface area contributed by atoms with Crippen molar-refractivity contribution in [1.82, 2.24) is 4.90 Å². The van der Waals surface area contributed by atoms with Crippen LogP contribution >= 0.6 is 12.4 Å². The lowest BCUT2D eigenvalue weighted by atomic mass is 9.95. The Morgan fingerprint density at radius 1 is 0.962 bits per heavy atom. The predicted octanol–water partition coefficient (Wildman–Crippen LogP) is 2.68. The van der Waals surface area contributed by atoms with Crippen LogP contribution in [-0.4, -0.2) is 45.2 Å². The molecule has 2 aromatic carbocycles. The molecular weight excluding hydrogens is 374 g/mol. The van der Waals surface area contributed by atoms with Crippen molar-refractivity contribution in [1.29, 1.82) is 0 Å². The lowest BCUT2D eigenvalue weighted by Gasteiger charge is -2.19. The molecule has 0 radical (unpaired) electrons. The van der Waals surface area contributed by atoms with Gasteiger partial charge in [-0.2, -0.15) is 0 Å². The molecule has 2 aromatic rings. The van der Waals surface area contributed by atoms with E-state index in [0.29, 0.717) is 17.5 Å². The molecule has 142 valence electrons. The molecule has 0 saturated carbocycles. The first-order chi connectivity index (χ1) is 11.4. The summed E-state index contributed by atoms with van der Waals surface area (Å²) in [4.78, 5) is 15.1. The molecule has 1 aliphatic heterocycles. The van der Waals surface area contributed by atoms with E-state index >= 15 is 0 Å². The molecule has 3 rings (SSSR count). The van der Waals surface area contributed by atoms with Crippen molar-refractivity contribution in [3.63, 3.8) is 0 Å². The Morgan fingerprint density at radius 3 is 2.19 bits per heavy atom. The van der Waals surface area contributed by atoms with E-state index in [1.165, 1.54) is 0 Å². The van der Waals surface area contributed by atoms with Crippen molar-refractivity contribution >= 4 is 28.0 Å². The zero-order valence-electron chi connectivity index (χ0n) is 14.8. The van der Waals surface area contributed by atoms with Gasteiger partial charge in [-0.3, -0.25) is 4.79 Å². The van der Waals surface area contributed by atoms with Crippen LogP contribution in [0.3, 0.4) is 0 Å². The maximum atomic E-state index is 13.2. The van der Waals surface area contributed by atoms with E-state index in [2.05, 4.69) is 0 Å². The Kier molecular flexibility index (Phi) is 7.53. The molecule has 0 spiro atoms. The maximum Gasteiger partial charge on any atom is 0.194 e. The normalized spacial score (nSPS) is 17.3. The number of hydrogen-bond acceptors (Lipinski definition) is 4. The number of nitrogens with zero attached hydrogens (tertiary/aromatic N) is 1. The third-order valence-corrected chi connectivity index (χ3v) is 6.64. The van der Waals surface area contributed by atoms with E-state index in [1.807, 2.05) is 19.0 Å². The second-order valence-corrected chi connectivity index (χ2v) is 8.49. The largest absolute Gasteiger partial charge is 0.412 e. The minimum Gasteiger partial charge on any atom is -0.412 e. The summed E-state index contributed by atoms with van der Waals surface area (Å²) in [5.41, 5.74) is 1.40. The molecule has 0 saturated heterocycles. The summed E-state index contributed by atoms with van der Waals surface area (Å²) >= 11 is 0. The van der Waals surface area contributed by atoms with Gasteiger partial charge in [0.25, 0.3) is 0 Å². The highest BCUT2D eigenvalue weighted by atomic mass is 35.5. The number of sulfone groups is 1. The highest BCUT2D eigenvalue weighted by molar-refractivity contribution is 7.91. The fourth-order valence-corrected chi connectivity index (χ4v) is 5.31. The molecule has 5 nitrogen and oxygen atoms in total. The number of fused-ring (bicyclic) bond motifs is 2. The summed E-state index contributed by atoms with van der Waals surface area (Å²) in [6.45, 7) is 0.809. The summed E-state index contributed by atoms with van der Waals surface area (Å²) in [6, 6.07) is 13.6. The summed E-state index contributed by atoms with van der Waals surface area (Å²) in [7, 11) is 0.330. The monoisotopic (exact) mass is 397 g/mol. The Balaban J connectivity index is 0.00000169. The van der Waals surface area contributed by atoms with Crippen molar-refractivity contribution < 1.29 is 18.7 Å². The standard InChI is InChI=1S/C19H21NO3S.ClH.H2O/c1-20(2)13-7-12-17-14-8-3-4-9-15(14)19(21)16-10-5-6-11-18(16)24(17,22)23;;/h3-6,8-11,17H,7,12-13H2,1-2H3;1H;1H2. The average molecular weight is 398 g/mol. The van der Waals surface area contributed by atoms with Gasteiger partial charge in [-0.05, 0) is 51.2 Å². The molecule has 2 N–H and O–H groups in total. The van der Waals surface area contributed by atoms with Gasteiger partial charge in [0.05, 0.1) is 10.1 Å². The number of carbonyl (C=O) groups excluding carboxylic acids is 1. The van der Waals surface area contributed by atoms with Crippen LogP contribution in [0.5, 0.6) is 0 Å². The number of hydrogen-bond donors (Lipinski definition) is 0. The summed E-state index contributed by atoms with van der Waals surface area (Å²) in [5, 5.41) is -0.679. The highest BCUT2D eigenvalue weighted by Crippen LogP contribution is 2.40. The van der Waals surface area contributed by atoms with Gasteiger partial charge in [0.2, 0.25) is 0 Å². The zero-order valence-corrected chi connectivity index (χ0v) is 16.4.